The summed E-state index contributed by atoms with van der Waals surface area (Å²) in [5.41, 5.74) is 0.508. The molecule has 2 aromatic rings. The van der Waals surface area contributed by atoms with Crippen LogP contribution in [0.15, 0.2) is 27.9 Å². The third kappa shape index (κ3) is 3.70. The Labute approximate surface area is 120 Å². The molecule has 0 aliphatic carbocycles. The molecule has 0 amide bonds. The molecule has 0 spiro atoms. The number of aromatic nitrogens is 2. The van der Waals surface area contributed by atoms with Gasteiger partial charge in [-0.05, 0) is 25.1 Å². The molecule has 1 heterocycles. The average Bonchev–Trinajstić information content (AvgIpc) is 2.77. The largest absolute Gasteiger partial charge is 0.466 e. The number of H-pyrrole nitrogens is 2. The number of ether oxygens (including phenoxy) is 1. The molecule has 0 saturated carbocycles. The van der Waals surface area contributed by atoms with Crippen LogP contribution >= 0.6 is 0 Å². The van der Waals surface area contributed by atoms with Crippen molar-refractivity contribution in [1.82, 2.24) is 14.7 Å². The van der Waals surface area contributed by atoms with Crippen LogP contribution in [-0.4, -0.2) is 37.5 Å². The Morgan fingerprint density at radius 3 is 2.71 bits per heavy atom. The van der Waals surface area contributed by atoms with E-state index in [0.717, 1.165) is 0 Å². The number of benzene rings is 1. The van der Waals surface area contributed by atoms with Crippen LogP contribution in [0.3, 0.4) is 0 Å². The monoisotopic (exact) mass is 313 g/mol. The summed E-state index contributed by atoms with van der Waals surface area (Å²) >= 11 is 0. The first-order valence-corrected chi connectivity index (χ1v) is 7.78. The third-order valence-corrected chi connectivity index (χ3v) is 4.18. The Bertz CT molecular complexity index is 806. The Hall–Kier alpha value is -2.13. The average molecular weight is 313 g/mol. The van der Waals surface area contributed by atoms with Crippen LogP contribution in [0.4, 0.5) is 0 Å². The number of aromatic amines is 2. The van der Waals surface area contributed by atoms with Gasteiger partial charge in [0, 0.05) is 6.54 Å². The number of hydrogen-bond donors (Lipinski definition) is 3. The topological polar surface area (TPSA) is 121 Å². The highest BCUT2D eigenvalue weighted by atomic mass is 32.2. The summed E-state index contributed by atoms with van der Waals surface area (Å²) in [5.74, 6) is -0.467. The summed E-state index contributed by atoms with van der Waals surface area (Å²) in [4.78, 5) is 27.3. The van der Waals surface area contributed by atoms with Gasteiger partial charge in [0.2, 0.25) is 10.0 Å². The number of carbonyl (C=O) groups is 1. The molecule has 0 atom stereocenters. The van der Waals surface area contributed by atoms with Crippen LogP contribution in [0, 0.1) is 0 Å². The number of hydrogen-bond acceptors (Lipinski definition) is 5. The summed E-state index contributed by atoms with van der Waals surface area (Å²) in [6, 6.07) is 4.21. The van der Waals surface area contributed by atoms with E-state index in [4.69, 9.17) is 4.74 Å². The first-order valence-electron chi connectivity index (χ1n) is 6.29. The molecule has 0 bridgehead atoms. The summed E-state index contributed by atoms with van der Waals surface area (Å²) in [5, 5.41) is 0. The highest BCUT2D eigenvalue weighted by Crippen LogP contribution is 2.14. The molecule has 1 aromatic heterocycles. The second-order valence-electron chi connectivity index (χ2n) is 4.24. The van der Waals surface area contributed by atoms with E-state index >= 15 is 0 Å². The second-order valence-corrected chi connectivity index (χ2v) is 6.01. The number of nitrogens with one attached hydrogen (secondary N) is 3. The van der Waals surface area contributed by atoms with Crippen molar-refractivity contribution in [1.29, 1.82) is 0 Å². The lowest BCUT2D eigenvalue weighted by atomic mass is 10.3. The summed E-state index contributed by atoms with van der Waals surface area (Å²) < 4.78 is 31.1. The second kappa shape index (κ2) is 6.10. The van der Waals surface area contributed by atoms with Crippen molar-refractivity contribution in [3.05, 3.63) is 28.7 Å². The number of fused-ring (bicyclic) bond motifs is 1. The van der Waals surface area contributed by atoms with Crippen molar-refractivity contribution in [3.63, 3.8) is 0 Å². The van der Waals surface area contributed by atoms with Gasteiger partial charge in [0.25, 0.3) is 0 Å². The molecule has 114 valence electrons. The van der Waals surface area contributed by atoms with Gasteiger partial charge in [-0.25, -0.2) is 17.9 Å². The summed E-state index contributed by atoms with van der Waals surface area (Å²) in [6.07, 6.45) is -0.0453. The van der Waals surface area contributed by atoms with Crippen LogP contribution < -0.4 is 10.4 Å². The van der Waals surface area contributed by atoms with Crippen LogP contribution in [0.5, 0.6) is 0 Å². The van der Waals surface area contributed by atoms with Gasteiger partial charge in [-0.1, -0.05) is 0 Å². The molecular weight excluding hydrogens is 298 g/mol. The minimum absolute atomic E-state index is 0.00843. The van der Waals surface area contributed by atoms with Gasteiger partial charge in [-0.3, -0.25) is 4.79 Å². The predicted octanol–water partition coefficient (Wildman–Crippen LogP) is 0.0877. The molecule has 8 nitrogen and oxygen atoms in total. The van der Waals surface area contributed by atoms with Gasteiger partial charge < -0.3 is 14.7 Å². The fraction of sp³-hybridized carbons (Fsp3) is 0.333. The summed E-state index contributed by atoms with van der Waals surface area (Å²) in [6.45, 7) is 1.88. The van der Waals surface area contributed by atoms with E-state index in [1.165, 1.54) is 18.2 Å². The highest BCUT2D eigenvalue weighted by molar-refractivity contribution is 7.89. The zero-order valence-electron chi connectivity index (χ0n) is 11.3. The van der Waals surface area contributed by atoms with Crippen molar-refractivity contribution in [2.24, 2.45) is 0 Å². The maximum atomic E-state index is 12.1. The van der Waals surface area contributed by atoms with Crippen molar-refractivity contribution < 1.29 is 17.9 Å². The van der Waals surface area contributed by atoms with Crippen molar-refractivity contribution in [2.75, 3.05) is 13.2 Å². The smallest absolute Gasteiger partial charge is 0.323 e. The number of carbonyl (C=O) groups excluding carboxylic acids is 1. The van der Waals surface area contributed by atoms with Gasteiger partial charge in [0.15, 0.2) is 0 Å². The molecule has 0 unspecified atom stereocenters. The molecule has 0 saturated heterocycles. The van der Waals surface area contributed by atoms with Gasteiger partial charge >= 0.3 is 11.7 Å². The molecule has 3 N–H and O–H groups in total. The van der Waals surface area contributed by atoms with E-state index in [1.54, 1.807) is 6.92 Å². The van der Waals surface area contributed by atoms with E-state index in [0.29, 0.717) is 11.0 Å². The fourth-order valence-electron chi connectivity index (χ4n) is 1.78. The van der Waals surface area contributed by atoms with Gasteiger partial charge in [-0.2, -0.15) is 0 Å². The van der Waals surface area contributed by atoms with E-state index in [2.05, 4.69) is 14.7 Å². The standard InChI is InChI=1S/C12H15N3O5S/c1-2-20-11(16)5-6-13-21(18,19)8-3-4-9-10(7-8)15-12(17)14-9/h3-4,7,13H,2,5-6H2,1H3,(H2,14,15,17). The maximum absolute atomic E-state index is 12.1. The van der Waals surface area contributed by atoms with Gasteiger partial charge in [-0.15, -0.1) is 0 Å². The molecule has 0 aliphatic rings. The molecule has 9 heteroatoms. The first-order chi connectivity index (χ1) is 9.92. The van der Waals surface area contributed by atoms with Gasteiger partial charge in [0.05, 0.1) is 29.0 Å². The molecule has 0 radical (unpaired) electrons. The van der Waals surface area contributed by atoms with E-state index in [-0.39, 0.29) is 24.5 Å². The lowest BCUT2D eigenvalue weighted by Crippen LogP contribution is -2.26. The fourth-order valence-corrected chi connectivity index (χ4v) is 2.84. The lowest BCUT2D eigenvalue weighted by Gasteiger charge is -2.06. The third-order valence-electron chi connectivity index (χ3n) is 2.72. The van der Waals surface area contributed by atoms with E-state index < -0.39 is 21.7 Å². The normalized spacial score (nSPS) is 11.7. The number of esters is 1. The zero-order valence-corrected chi connectivity index (χ0v) is 12.1. The molecule has 21 heavy (non-hydrogen) atoms. The van der Waals surface area contributed by atoms with Crippen LogP contribution in [-0.2, 0) is 19.6 Å². The maximum Gasteiger partial charge on any atom is 0.323 e. The zero-order chi connectivity index (χ0) is 15.5. The Balaban J connectivity index is 2.10. The Morgan fingerprint density at radius 1 is 1.29 bits per heavy atom. The van der Waals surface area contributed by atoms with Crippen molar-refractivity contribution >= 4 is 27.0 Å². The van der Waals surface area contributed by atoms with Crippen LogP contribution in [0.2, 0.25) is 0 Å². The van der Waals surface area contributed by atoms with Gasteiger partial charge in [0.1, 0.15) is 0 Å². The lowest BCUT2D eigenvalue weighted by molar-refractivity contribution is -0.142. The Morgan fingerprint density at radius 2 is 2.00 bits per heavy atom. The number of imidazole rings is 1. The number of sulfonamides is 1. The first kappa shape index (κ1) is 15.3. The minimum Gasteiger partial charge on any atom is -0.466 e. The van der Waals surface area contributed by atoms with E-state index in [1.807, 2.05) is 0 Å². The quantitative estimate of drug-likeness (QED) is 0.652. The van der Waals surface area contributed by atoms with Crippen LogP contribution in [0.25, 0.3) is 11.0 Å². The van der Waals surface area contributed by atoms with Crippen LogP contribution in [0.1, 0.15) is 13.3 Å². The highest BCUT2D eigenvalue weighted by Gasteiger charge is 2.15. The van der Waals surface area contributed by atoms with Crippen molar-refractivity contribution in [3.8, 4) is 0 Å². The van der Waals surface area contributed by atoms with Crippen molar-refractivity contribution in [2.45, 2.75) is 18.2 Å². The molecule has 0 aliphatic heterocycles. The predicted molar refractivity (Wildman–Crippen MR) is 75.4 cm³/mol. The number of rotatable bonds is 6. The Kier molecular flexibility index (Phi) is 4.43. The SMILES string of the molecule is CCOC(=O)CCNS(=O)(=O)c1ccc2[nH]c(=O)[nH]c2c1. The molecule has 0 fully saturated rings. The minimum atomic E-state index is -3.75. The molecule has 2 rings (SSSR count). The molecular formula is C12H15N3O5S. The molecule has 1 aromatic carbocycles. The summed E-state index contributed by atoms with van der Waals surface area (Å²) in [7, 11) is -3.75. The van der Waals surface area contributed by atoms with E-state index in [9.17, 15) is 18.0 Å².